The standard InChI is InChI=1S/C16H10O2S/c17-14-9-15(11-5-2-1-3-6-11)18-16-12(10-19)7-4-8-13(14)16/h1-10H. The number of benzene rings is 2. The molecule has 0 saturated heterocycles. The summed E-state index contributed by atoms with van der Waals surface area (Å²) in [4.78, 5) is 12.1. The number of para-hydroxylation sites is 1. The lowest BCUT2D eigenvalue weighted by molar-refractivity contribution is 0.618. The second kappa shape index (κ2) is 4.78. The fourth-order valence-electron chi connectivity index (χ4n) is 2.04. The molecule has 3 rings (SSSR count). The zero-order valence-corrected chi connectivity index (χ0v) is 10.8. The van der Waals surface area contributed by atoms with Gasteiger partial charge in [-0.15, -0.1) is 0 Å². The average molecular weight is 266 g/mol. The molecule has 0 spiro atoms. The van der Waals surface area contributed by atoms with E-state index in [1.807, 2.05) is 36.4 Å². The fraction of sp³-hybridized carbons (Fsp3) is 0. The van der Waals surface area contributed by atoms with Gasteiger partial charge in [0.1, 0.15) is 11.3 Å². The zero-order chi connectivity index (χ0) is 13.2. The number of hydrogen-bond donors (Lipinski definition) is 0. The highest BCUT2D eigenvalue weighted by molar-refractivity contribution is 7.79. The van der Waals surface area contributed by atoms with Gasteiger partial charge in [-0.3, -0.25) is 4.79 Å². The molecule has 0 amide bonds. The molecule has 3 heteroatoms. The molecule has 0 atom stereocenters. The molecule has 0 aliphatic carbocycles. The minimum Gasteiger partial charge on any atom is -0.455 e. The maximum Gasteiger partial charge on any atom is 0.193 e. The van der Waals surface area contributed by atoms with Crippen molar-refractivity contribution < 1.29 is 4.42 Å². The Hall–Kier alpha value is -2.26. The van der Waals surface area contributed by atoms with Crippen LogP contribution in [0.1, 0.15) is 5.56 Å². The molecule has 0 fully saturated rings. The first-order valence-electron chi connectivity index (χ1n) is 5.87. The zero-order valence-electron chi connectivity index (χ0n) is 10.00. The van der Waals surface area contributed by atoms with Crippen LogP contribution in [0.4, 0.5) is 0 Å². The van der Waals surface area contributed by atoms with Gasteiger partial charge in [0.2, 0.25) is 0 Å². The third-order valence-electron chi connectivity index (χ3n) is 2.97. The van der Waals surface area contributed by atoms with E-state index in [1.165, 1.54) is 11.4 Å². The molecule has 19 heavy (non-hydrogen) atoms. The third kappa shape index (κ3) is 2.09. The third-order valence-corrected chi connectivity index (χ3v) is 3.22. The van der Waals surface area contributed by atoms with Gasteiger partial charge in [-0.1, -0.05) is 54.7 Å². The first kappa shape index (κ1) is 11.8. The Labute approximate surface area is 115 Å². The normalized spacial score (nSPS) is 10.5. The molecular weight excluding hydrogens is 256 g/mol. The van der Waals surface area contributed by atoms with Crippen LogP contribution in [0.5, 0.6) is 0 Å². The van der Waals surface area contributed by atoms with Gasteiger partial charge in [0.25, 0.3) is 0 Å². The van der Waals surface area contributed by atoms with E-state index in [0.717, 1.165) is 11.1 Å². The van der Waals surface area contributed by atoms with E-state index in [2.05, 4.69) is 0 Å². The van der Waals surface area contributed by atoms with Crippen molar-refractivity contribution in [1.29, 1.82) is 0 Å². The Morgan fingerprint density at radius 3 is 2.53 bits per heavy atom. The summed E-state index contributed by atoms with van der Waals surface area (Å²) in [6, 6.07) is 16.5. The molecule has 2 nitrogen and oxygen atoms in total. The topological polar surface area (TPSA) is 30.2 Å². The molecular formula is C16H10O2S. The Morgan fingerprint density at radius 1 is 1.00 bits per heavy atom. The Balaban J connectivity index is 2.36. The smallest absolute Gasteiger partial charge is 0.193 e. The van der Waals surface area contributed by atoms with Crippen molar-refractivity contribution in [2.45, 2.75) is 0 Å². The molecule has 0 bridgehead atoms. The van der Waals surface area contributed by atoms with Crippen LogP contribution in [0.2, 0.25) is 0 Å². The van der Waals surface area contributed by atoms with Crippen LogP contribution in [-0.2, 0) is 0 Å². The number of rotatable bonds is 2. The molecule has 0 N–H and O–H groups in total. The molecule has 0 unspecified atom stereocenters. The van der Waals surface area contributed by atoms with Crippen LogP contribution in [0.25, 0.3) is 22.3 Å². The molecule has 1 aromatic heterocycles. The van der Waals surface area contributed by atoms with E-state index in [4.69, 9.17) is 16.6 Å². The number of hydrogen-bond acceptors (Lipinski definition) is 3. The molecule has 0 aliphatic rings. The lowest BCUT2D eigenvalue weighted by atomic mass is 10.1. The lowest BCUT2D eigenvalue weighted by Gasteiger charge is -2.04. The lowest BCUT2D eigenvalue weighted by Crippen LogP contribution is -2.01. The number of fused-ring (bicyclic) bond motifs is 1. The Kier molecular flexibility index (Phi) is 2.97. The second-order valence-electron chi connectivity index (χ2n) is 4.18. The van der Waals surface area contributed by atoms with Crippen LogP contribution in [-0.4, -0.2) is 5.37 Å². The van der Waals surface area contributed by atoms with Crippen LogP contribution < -0.4 is 5.43 Å². The van der Waals surface area contributed by atoms with Crippen molar-refractivity contribution >= 4 is 28.6 Å². The quantitative estimate of drug-likeness (QED) is 0.661. The van der Waals surface area contributed by atoms with Crippen molar-refractivity contribution in [2.24, 2.45) is 0 Å². The van der Waals surface area contributed by atoms with Gasteiger partial charge < -0.3 is 4.42 Å². The molecule has 92 valence electrons. The minimum atomic E-state index is -0.0567. The average Bonchev–Trinajstić information content (AvgIpc) is 2.47. The van der Waals surface area contributed by atoms with Gasteiger partial charge in [-0.2, -0.15) is 0 Å². The van der Waals surface area contributed by atoms with E-state index >= 15 is 0 Å². The van der Waals surface area contributed by atoms with E-state index in [0.29, 0.717) is 16.7 Å². The van der Waals surface area contributed by atoms with Crippen molar-refractivity contribution in [1.82, 2.24) is 0 Å². The molecule has 0 aliphatic heterocycles. The molecule has 2 aromatic carbocycles. The van der Waals surface area contributed by atoms with Gasteiger partial charge in [-0.25, -0.2) is 0 Å². The molecule has 3 aromatic rings. The second-order valence-corrected chi connectivity index (χ2v) is 4.42. The maximum absolute atomic E-state index is 12.1. The predicted octanol–water partition coefficient (Wildman–Crippen LogP) is 3.81. The Morgan fingerprint density at radius 2 is 1.79 bits per heavy atom. The summed E-state index contributed by atoms with van der Waals surface area (Å²) in [5.74, 6) is 0.558. The fourth-order valence-corrected chi connectivity index (χ4v) is 2.22. The summed E-state index contributed by atoms with van der Waals surface area (Å²) in [6.07, 6.45) is 0. The van der Waals surface area contributed by atoms with Crippen LogP contribution in [0.15, 0.2) is 63.8 Å². The summed E-state index contributed by atoms with van der Waals surface area (Å²) >= 11 is 4.96. The number of thiocarbonyl (C=S) groups is 1. The van der Waals surface area contributed by atoms with E-state index in [9.17, 15) is 4.79 Å². The highest BCUT2D eigenvalue weighted by Crippen LogP contribution is 2.23. The van der Waals surface area contributed by atoms with Crippen molar-refractivity contribution in [2.75, 3.05) is 0 Å². The summed E-state index contributed by atoms with van der Waals surface area (Å²) in [6.45, 7) is 0. The van der Waals surface area contributed by atoms with E-state index in [1.54, 1.807) is 12.1 Å². The van der Waals surface area contributed by atoms with Crippen molar-refractivity contribution in [3.63, 3.8) is 0 Å². The summed E-state index contributed by atoms with van der Waals surface area (Å²) in [5, 5.41) is 2.08. The first-order chi connectivity index (χ1) is 9.29. The summed E-state index contributed by atoms with van der Waals surface area (Å²) < 4.78 is 5.85. The van der Waals surface area contributed by atoms with Gasteiger partial charge in [0.05, 0.1) is 5.39 Å². The van der Waals surface area contributed by atoms with E-state index in [-0.39, 0.29) is 5.43 Å². The maximum atomic E-state index is 12.1. The van der Waals surface area contributed by atoms with Gasteiger partial charge >= 0.3 is 0 Å². The highest BCUT2D eigenvalue weighted by Gasteiger charge is 2.08. The van der Waals surface area contributed by atoms with Crippen LogP contribution in [0.3, 0.4) is 0 Å². The largest absolute Gasteiger partial charge is 0.455 e. The minimum absolute atomic E-state index is 0.0567. The van der Waals surface area contributed by atoms with Crippen molar-refractivity contribution in [3.8, 4) is 11.3 Å². The van der Waals surface area contributed by atoms with Gasteiger partial charge in [-0.05, 0) is 6.07 Å². The monoisotopic (exact) mass is 266 g/mol. The SMILES string of the molecule is O=c1cc(-c2ccccc2)oc2c(C=S)cccc12. The first-order valence-corrected chi connectivity index (χ1v) is 6.34. The van der Waals surface area contributed by atoms with Crippen LogP contribution in [0, 0.1) is 0 Å². The van der Waals surface area contributed by atoms with Crippen LogP contribution >= 0.6 is 12.2 Å². The predicted molar refractivity (Wildman–Crippen MR) is 80.7 cm³/mol. The van der Waals surface area contributed by atoms with Crippen molar-refractivity contribution in [3.05, 3.63) is 70.4 Å². The summed E-state index contributed by atoms with van der Waals surface area (Å²) in [7, 11) is 0. The van der Waals surface area contributed by atoms with E-state index < -0.39 is 0 Å². The summed E-state index contributed by atoms with van der Waals surface area (Å²) in [5.41, 5.74) is 2.12. The molecule has 1 heterocycles. The Bertz CT molecular complexity index is 804. The molecule has 0 saturated carbocycles. The molecule has 0 radical (unpaired) electrons. The van der Waals surface area contributed by atoms with Gasteiger partial charge in [0.15, 0.2) is 5.43 Å². The highest BCUT2D eigenvalue weighted by atomic mass is 32.1. The van der Waals surface area contributed by atoms with Gasteiger partial charge in [0, 0.05) is 22.6 Å².